The molecule has 202 valence electrons. The van der Waals surface area contributed by atoms with Gasteiger partial charge in [-0.3, -0.25) is 14.2 Å². The van der Waals surface area contributed by atoms with Crippen LogP contribution in [0.2, 0.25) is 0 Å². The van der Waals surface area contributed by atoms with Crippen LogP contribution in [0.4, 0.5) is 0 Å². The Morgan fingerprint density at radius 1 is 1.09 bits per heavy atom. The molecule has 1 saturated heterocycles. The minimum atomic E-state index is -5.46. The molecule has 2 atom stereocenters. The molecule has 0 saturated carbocycles. The summed E-state index contributed by atoms with van der Waals surface area (Å²) in [5.74, 6) is 0. The third kappa shape index (κ3) is 11.5. The first kappa shape index (κ1) is 31.7. The fourth-order valence-electron chi connectivity index (χ4n) is 2.78. The fraction of sp³-hybridized carbons (Fsp3) is 0.667. The van der Waals surface area contributed by atoms with E-state index in [4.69, 9.17) is 33.9 Å². The van der Waals surface area contributed by atoms with Gasteiger partial charge in [0.1, 0.15) is 6.23 Å². The third-order valence-corrected chi connectivity index (χ3v) is 7.53. The van der Waals surface area contributed by atoms with Crippen molar-refractivity contribution < 1.29 is 61.1 Å². The van der Waals surface area contributed by atoms with Crippen molar-refractivity contribution in [2.45, 2.75) is 51.9 Å². The Morgan fingerprint density at radius 3 is 2.14 bits per heavy atom. The van der Waals surface area contributed by atoms with Crippen LogP contribution < -0.4 is 11.2 Å². The van der Waals surface area contributed by atoms with E-state index in [1.807, 2.05) is 0 Å². The molecule has 2 heterocycles. The van der Waals surface area contributed by atoms with Crippen LogP contribution in [-0.4, -0.2) is 59.3 Å². The van der Waals surface area contributed by atoms with Gasteiger partial charge in [-0.25, -0.2) is 18.5 Å². The lowest BCUT2D eigenvalue weighted by atomic mass is 10.2. The molecule has 0 amide bonds. The van der Waals surface area contributed by atoms with Gasteiger partial charge in [0, 0.05) is 18.4 Å². The molecule has 0 radical (unpaired) electrons. The summed E-state index contributed by atoms with van der Waals surface area (Å²) in [7, 11) is -16.2. The van der Waals surface area contributed by atoms with Crippen molar-refractivity contribution >= 4 is 29.9 Å². The molecule has 35 heavy (non-hydrogen) atoms. The highest BCUT2D eigenvalue weighted by molar-refractivity contribution is 7.66. The van der Waals surface area contributed by atoms with Crippen LogP contribution in [0.5, 0.6) is 0 Å². The molecular weight excluding hydrogens is 541 g/mol. The number of hydrogen-bond donors (Lipinski definition) is 5. The zero-order chi connectivity index (χ0) is 27.0. The summed E-state index contributed by atoms with van der Waals surface area (Å²) in [4.78, 5) is 75.0. The van der Waals surface area contributed by atoms with Crippen molar-refractivity contribution in [3.63, 3.8) is 0 Å². The Labute approximate surface area is 198 Å². The number of rotatable bonds is 11. The second-order valence-corrected chi connectivity index (χ2v) is 11.3. The van der Waals surface area contributed by atoms with E-state index in [9.17, 15) is 28.1 Å². The van der Waals surface area contributed by atoms with Crippen molar-refractivity contribution in [2.24, 2.45) is 0 Å². The molecule has 0 aromatic carbocycles. The van der Waals surface area contributed by atoms with Crippen molar-refractivity contribution in [2.75, 3.05) is 13.2 Å². The Hall–Kier alpha value is -1.32. The molecular formula is C15H27N2O15P3. The molecule has 0 aliphatic carbocycles. The SMILES string of the molecule is CCCCOC[C@@H]1CC[C@H](n2cc(C)c(=O)n(C=O)c2=O)O1.O=P(O)(O)OP(=O)(O)OP(=O)(O)O. The van der Waals surface area contributed by atoms with E-state index < -0.39 is 40.9 Å². The number of unbranched alkanes of at least 4 members (excludes halogenated alkanes) is 1. The van der Waals surface area contributed by atoms with E-state index in [0.717, 1.165) is 19.3 Å². The first-order valence-corrected chi connectivity index (χ1v) is 14.4. The maximum absolute atomic E-state index is 12.1. The van der Waals surface area contributed by atoms with Crippen LogP contribution in [0.3, 0.4) is 0 Å². The number of aryl methyl sites for hydroxylation is 1. The molecule has 2 rings (SSSR count). The summed E-state index contributed by atoms with van der Waals surface area (Å²) < 4.78 is 49.6. The zero-order valence-corrected chi connectivity index (χ0v) is 21.3. The number of nitrogens with zero attached hydrogens (tertiary/aromatic N) is 2. The number of carbonyl (C=O) groups is 1. The summed E-state index contributed by atoms with van der Waals surface area (Å²) in [6.07, 6.45) is 4.70. The summed E-state index contributed by atoms with van der Waals surface area (Å²) in [5, 5.41) is 0. The van der Waals surface area contributed by atoms with Crippen LogP contribution >= 0.6 is 23.5 Å². The molecule has 1 fully saturated rings. The van der Waals surface area contributed by atoms with Gasteiger partial charge in [-0.2, -0.15) is 13.2 Å². The summed E-state index contributed by atoms with van der Waals surface area (Å²) >= 11 is 0. The Kier molecular flexibility index (Phi) is 12.0. The Balaban J connectivity index is 0.000000405. The number of phosphoric acid groups is 3. The summed E-state index contributed by atoms with van der Waals surface area (Å²) in [6, 6.07) is 0. The van der Waals surface area contributed by atoms with Gasteiger partial charge in [-0.05, 0) is 26.2 Å². The lowest BCUT2D eigenvalue weighted by Crippen LogP contribution is -2.42. The average Bonchev–Trinajstić information content (AvgIpc) is 3.14. The van der Waals surface area contributed by atoms with Crippen LogP contribution in [-0.2, 0) is 36.6 Å². The number of ether oxygens (including phenoxy) is 2. The normalized spacial score (nSPS) is 18.7. The Bertz CT molecular complexity index is 1090. The molecule has 0 unspecified atom stereocenters. The zero-order valence-electron chi connectivity index (χ0n) is 18.6. The molecule has 17 nitrogen and oxygen atoms in total. The van der Waals surface area contributed by atoms with E-state index in [1.54, 1.807) is 6.92 Å². The number of aromatic nitrogens is 2. The number of hydrogen-bond acceptors (Lipinski definition) is 10. The monoisotopic (exact) mass is 568 g/mol. The fourth-order valence-corrected chi connectivity index (χ4v) is 5.32. The van der Waals surface area contributed by atoms with Gasteiger partial charge in [0.05, 0.1) is 12.7 Å². The molecule has 1 aromatic rings. The third-order valence-electron chi connectivity index (χ3n) is 4.18. The first-order chi connectivity index (χ1) is 16.0. The van der Waals surface area contributed by atoms with Gasteiger partial charge < -0.3 is 33.9 Å². The van der Waals surface area contributed by atoms with Crippen molar-refractivity contribution in [1.82, 2.24) is 9.13 Å². The van der Waals surface area contributed by atoms with Gasteiger partial charge in [-0.15, -0.1) is 0 Å². The van der Waals surface area contributed by atoms with Gasteiger partial charge in [0.2, 0.25) is 6.41 Å². The maximum atomic E-state index is 12.1. The molecule has 0 bridgehead atoms. The largest absolute Gasteiger partial charge is 0.490 e. The molecule has 5 N–H and O–H groups in total. The van der Waals surface area contributed by atoms with E-state index in [0.29, 0.717) is 29.8 Å². The van der Waals surface area contributed by atoms with Crippen LogP contribution in [0.25, 0.3) is 0 Å². The minimum absolute atomic E-state index is 0.0642. The quantitative estimate of drug-likeness (QED) is 0.135. The highest BCUT2D eigenvalue weighted by Gasteiger charge is 2.38. The number of carbonyl (C=O) groups excluding carboxylic acids is 1. The highest BCUT2D eigenvalue weighted by Crippen LogP contribution is 2.64. The van der Waals surface area contributed by atoms with E-state index in [2.05, 4.69) is 15.5 Å². The highest BCUT2D eigenvalue weighted by atomic mass is 31.3. The van der Waals surface area contributed by atoms with Crippen molar-refractivity contribution in [1.29, 1.82) is 0 Å². The van der Waals surface area contributed by atoms with E-state index >= 15 is 0 Å². The first-order valence-electron chi connectivity index (χ1n) is 9.89. The molecule has 1 aliphatic heterocycles. The van der Waals surface area contributed by atoms with E-state index in [-0.39, 0.29) is 12.5 Å². The average molecular weight is 568 g/mol. The molecule has 1 aliphatic rings. The van der Waals surface area contributed by atoms with Crippen LogP contribution in [0, 0.1) is 6.92 Å². The van der Waals surface area contributed by atoms with Gasteiger partial charge in [0.15, 0.2) is 0 Å². The van der Waals surface area contributed by atoms with Gasteiger partial charge in [0.25, 0.3) is 5.56 Å². The lowest BCUT2D eigenvalue weighted by molar-refractivity contribution is -0.0434. The Morgan fingerprint density at radius 2 is 1.66 bits per heavy atom. The van der Waals surface area contributed by atoms with Gasteiger partial charge >= 0.3 is 29.2 Å². The summed E-state index contributed by atoms with van der Waals surface area (Å²) in [5.41, 5.74) is -0.921. The lowest BCUT2D eigenvalue weighted by Gasteiger charge is -2.17. The smallest absolute Gasteiger partial charge is 0.379 e. The second-order valence-electron chi connectivity index (χ2n) is 7.11. The standard InChI is InChI=1S/C15H22N2O5.H5O10P3/c1-3-4-7-21-9-12-5-6-13(22-12)16-8-11(2)14(19)17(10-18)15(16)20;1-11(2,3)9-13(7,8)10-12(4,5)6/h8,10,12-13H,3-7,9H2,1-2H3;(H,7,8)(H2,1,2,3)(H2,4,5,6)/t12-,13+;/m0./s1. The predicted octanol–water partition coefficient (Wildman–Crippen LogP) is 0.156. The van der Waals surface area contributed by atoms with Crippen molar-refractivity contribution in [3.8, 4) is 0 Å². The molecule has 0 spiro atoms. The molecule has 1 aromatic heterocycles. The van der Waals surface area contributed by atoms with E-state index in [1.165, 1.54) is 10.8 Å². The molecule has 20 heteroatoms. The topological polar surface area (TPSA) is 250 Å². The van der Waals surface area contributed by atoms with Crippen LogP contribution in [0.15, 0.2) is 15.8 Å². The summed E-state index contributed by atoms with van der Waals surface area (Å²) in [6.45, 7) is 4.87. The minimum Gasteiger partial charge on any atom is -0.379 e. The van der Waals surface area contributed by atoms with Crippen LogP contribution in [0.1, 0.15) is 44.4 Å². The predicted molar refractivity (Wildman–Crippen MR) is 117 cm³/mol. The van der Waals surface area contributed by atoms with Gasteiger partial charge in [-0.1, -0.05) is 13.3 Å². The van der Waals surface area contributed by atoms with Crippen molar-refractivity contribution in [3.05, 3.63) is 32.6 Å². The second kappa shape index (κ2) is 13.3. The maximum Gasteiger partial charge on any atom is 0.490 e.